The highest BCUT2D eigenvalue weighted by molar-refractivity contribution is 7.13. The highest BCUT2D eigenvalue weighted by Crippen LogP contribution is 2.29. The molecule has 3 rings (SSSR count). The average Bonchev–Trinajstić information content (AvgIpc) is 3.07. The number of fused-ring (bicyclic) bond motifs is 1. The molecule has 3 aromatic heterocycles. The molecule has 5 nitrogen and oxygen atoms in total. The number of H-pyrrole nitrogens is 1. The van der Waals surface area contributed by atoms with Crippen LogP contribution in [0.1, 0.15) is 30.9 Å². The Kier molecular flexibility index (Phi) is 2.92. The summed E-state index contributed by atoms with van der Waals surface area (Å²) in [5, 5.41) is 13.8. The molecule has 0 aromatic carbocycles. The molecule has 0 saturated carbocycles. The number of aromatic amines is 1. The molecule has 0 saturated heterocycles. The Morgan fingerprint density at radius 1 is 1.50 bits per heavy atom. The molecule has 0 atom stereocenters. The molecular formula is C14H12N4OS. The number of nitrogens with zero attached hydrogens (tertiary/aromatic N) is 3. The van der Waals surface area contributed by atoms with Gasteiger partial charge in [0.25, 0.3) is 5.56 Å². The second-order valence-electron chi connectivity index (χ2n) is 4.77. The lowest BCUT2D eigenvalue weighted by molar-refractivity contribution is 0.798. The van der Waals surface area contributed by atoms with Gasteiger partial charge in [0.1, 0.15) is 11.6 Å². The van der Waals surface area contributed by atoms with E-state index in [1.165, 1.54) is 22.0 Å². The van der Waals surface area contributed by atoms with E-state index in [1.807, 2.05) is 37.4 Å². The van der Waals surface area contributed by atoms with Crippen molar-refractivity contribution in [2.45, 2.75) is 19.8 Å². The van der Waals surface area contributed by atoms with Gasteiger partial charge in [0, 0.05) is 11.8 Å². The van der Waals surface area contributed by atoms with Crippen LogP contribution in [0.2, 0.25) is 0 Å². The zero-order valence-corrected chi connectivity index (χ0v) is 11.9. The van der Waals surface area contributed by atoms with Crippen molar-refractivity contribution in [3.05, 3.63) is 45.2 Å². The molecule has 0 aliphatic heterocycles. The zero-order valence-electron chi connectivity index (χ0n) is 11.0. The maximum Gasteiger partial charge on any atom is 0.276 e. The number of hydrogen-bond donors (Lipinski definition) is 1. The fourth-order valence-electron chi connectivity index (χ4n) is 2.23. The number of thiophene rings is 1. The van der Waals surface area contributed by atoms with E-state index in [0.717, 1.165) is 4.88 Å². The van der Waals surface area contributed by atoms with Crippen LogP contribution in [-0.2, 0) is 0 Å². The largest absolute Gasteiger partial charge is 0.295 e. The van der Waals surface area contributed by atoms with Crippen LogP contribution in [0.25, 0.3) is 16.2 Å². The lowest BCUT2D eigenvalue weighted by Gasteiger charge is -2.10. The highest BCUT2D eigenvalue weighted by Gasteiger charge is 2.20. The van der Waals surface area contributed by atoms with Crippen molar-refractivity contribution >= 4 is 17.0 Å². The van der Waals surface area contributed by atoms with Gasteiger partial charge in [-0.1, -0.05) is 19.9 Å². The fraction of sp³-hybridized carbons (Fsp3) is 0.214. The van der Waals surface area contributed by atoms with Crippen LogP contribution in [0.3, 0.4) is 0 Å². The molecular weight excluding hydrogens is 272 g/mol. The molecule has 0 amide bonds. The van der Waals surface area contributed by atoms with Crippen LogP contribution < -0.4 is 5.56 Å². The third-order valence-corrected chi connectivity index (χ3v) is 4.03. The van der Waals surface area contributed by atoms with Gasteiger partial charge in [-0.3, -0.25) is 9.89 Å². The molecule has 1 N–H and O–H groups in total. The lowest BCUT2D eigenvalue weighted by atomic mass is 10.0. The Morgan fingerprint density at radius 3 is 2.90 bits per heavy atom. The number of aromatic nitrogens is 3. The minimum absolute atomic E-state index is 0.0536. The van der Waals surface area contributed by atoms with E-state index < -0.39 is 0 Å². The Bertz CT molecular complexity index is 865. The SMILES string of the molecule is CC(C)c1c(-c2cccs2)nc2c(C#N)c[nH]n2c1=O. The van der Waals surface area contributed by atoms with Gasteiger partial charge in [-0.25, -0.2) is 9.50 Å². The number of nitrogens with one attached hydrogen (secondary N) is 1. The van der Waals surface area contributed by atoms with E-state index in [9.17, 15) is 4.79 Å². The van der Waals surface area contributed by atoms with Gasteiger partial charge in [-0.15, -0.1) is 11.3 Å². The van der Waals surface area contributed by atoms with Crippen molar-refractivity contribution in [3.63, 3.8) is 0 Å². The van der Waals surface area contributed by atoms with E-state index in [0.29, 0.717) is 22.5 Å². The molecule has 0 aliphatic carbocycles. The Balaban J connectivity index is 2.46. The maximum absolute atomic E-state index is 12.6. The van der Waals surface area contributed by atoms with Crippen LogP contribution in [-0.4, -0.2) is 14.6 Å². The van der Waals surface area contributed by atoms with Gasteiger partial charge in [-0.05, 0) is 17.4 Å². The molecule has 3 heterocycles. The van der Waals surface area contributed by atoms with Gasteiger partial charge in [0.2, 0.25) is 0 Å². The van der Waals surface area contributed by atoms with E-state index in [4.69, 9.17) is 5.26 Å². The summed E-state index contributed by atoms with van der Waals surface area (Å²) in [6, 6.07) is 5.91. The molecule has 0 unspecified atom stereocenters. The second kappa shape index (κ2) is 4.62. The number of rotatable bonds is 2. The van der Waals surface area contributed by atoms with Crippen molar-refractivity contribution in [3.8, 4) is 16.6 Å². The first-order valence-corrected chi connectivity index (χ1v) is 7.09. The standard InChI is InChI=1S/C14H12N4OS/c1-8(2)11-12(10-4-3-5-20-10)17-13-9(6-15)7-16-18(13)14(11)19/h3-5,7-8,16H,1-2H3. The predicted octanol–water partition coefficient (Wildman–Crippen LogP) is 2.75. The zero-order chi connectivity index (χ0) is 14.3. The van der Waals surface area contributed by atoms with Crippen LogP contribution >= 0.6 is 11.3 Å². The van der Waals surface area contributed by atoms with Gasteiger partial charge in [0.05, 0.1) is 10.6 Å². The third kappa shape index (κ3) is 1.75. The van der Waals surface area contributed by atoms with Crippen molar-refractivity contribution in [2.75, 3.05) is 0 Å². The Labute approximate surface area is 119 Å². The van der Waals surface area contributed by atoms with Crippen LogP contribution in [0, 0.1) is 11.3 Å². The summed E-state index contributed by atoms with van der Waals surface area (Å²) in [5.74, 6) is 0.0536. The van der Waals surface area contributed by atoms with Gasteiger partial charge in [-0.2, -0.15) is 5.26 Å². The van der Waals surface area contributed by atoms with Crippen LogP contribution in [0.15, 0.2) is 28.5 Å². The molecule has 0 radical (unpaired) electrons. The molecule has 6 heteroatoms. The van der Waals surface area contributed by atoms with Gasteiger partial charge in [0.15, 0.2) is 5.65 Å². The van der Waals surface area contributed by atoms with E-state index in [1.54, 1.807) is 0 Å². The first-order valence-electron chi connectivity index (χ1n) is 6.21. The number of nitriles is 1. The summed E-state index contributed by atoms with van der Waals surface area (Å²) >= 11 is 1.54. The van der Waals surface area contributed by atoms with Crippen LogP contribution in [0.4, 0.5) is 0 Å². The molecule has 0 spiro atoms. The fourth-order valence-corrected chi connectivity index (χ4v) is 2.96. The predicted molar refractivity (Wildman–Crippen MR) is 77.9 cm³/mol. The van der Waals surface area contributed by atoms with Gasteiger partial charge < -0.3 is 0 Å². The molecule has 0 aliphatic rings. The minimum atomic E-state index is -0.144. The van der Waals surface area contributed by atoms with E-state index in [-0.39, 0.29) is 11.5 Å². The third-order valence-electron chi connectivity index (χ3n) is 3.15. The Morgan fingerprint density at radius 2 is 2.30 bits per heavy atom. The summed E-state index contributed by atoms with van der Waals surface area (Å²) < 4.78 is 1.34. The quantitative estimate of drug-likeness (QED) is 0.786. The van der Waals surface area contributed by atoms with E-state index in [2.05, 4.69) is 10.1 Å². The monoisotopic (exact) mass is 284 g/mol. The molecule has 20 heavy (non-hydrogen) atoms. The van der Waals surface area contributed by atoms with E-state index >= 15 is 0 Å². The first-order chi connectivity index (χ1) is 9.63. The minimum Gasteiger partial charge on any atom is -0.295 e. The summed E-state index contributed by atoms with van der Waals surface area (Å²) in [7, 11) is 0. The topological polar surface area (TPSA) is 73.9 Å². The van der Waals surface area contributed by atoms with Crippen molar-refractivity contribution < 1.29 is 0 Å². The van der Waals surface area contributed by atoms with Crippen molar-refractivity contribution in [1.29, 1.82) is 5.26 Å². The van der Waals surface area contributed by atoms with Crippen molar-refractivity contribution in [1.82, 2.24) is 14.6 Å². The normalized spacial score (nSPS) is 11.1. The summed E-state index contributed by atoms with van der Waals surface area (Å²) in [6.07, 6.45) is 1.51. The van der Waals surface area contributed by atoms with Gasteiger partial charge >= 0.3 is 0 Å². The summed E-state index contributed by atoms with van der Waals surface area (Å²) in [4.78, 5) is 18.1. The summed E-state index contributed by atoms with van der Waals surface area (Å²) in [5.41, 5.74) is 1.95. The molecule has 0 fully saturated rings. The molecule has 0 bridgehead atoms. The Hall–Kier alpha value is -2.39. The summed E-state index contributed by atoms with van der Waals surface area (Å²) in [6.45, 7) is 3.94. The number of hydrogen-bond acceptors (Lipinski definition) is 4. The van der Waals surface area contributed by atoms with Crippen LogP contribution in [0.5, 0.6) is 0 Å². The average molecular weight is 284 g/mol. The lowest BCUT2D eigenvalue weighted by Crippen LogP contribution is -2.22. The second-order valence-corrected chi connectivity index (χ2v) is 5.72. The smallest absolute Gasteiger partial charge is 0.276 e. The molecule has 100 valence electrons. The maximum atomic E-state index is 12.6. The highest BCUT2D eigenvalue weighted by atomic mass is 32.1. The first kappa shape index (κ1) is 12.6. The molecule has 3 aromatic rings. The van der Waals surface area contributed by atoms with Crippen molar-refractivity contribution in [2.24, 2.45) is 0 Å².